The Kier molecular flexibility index (Phi) is 5.61. The Labute approximate surface area is 152 Å². The maximum atomic E-state index is 12.3. The lowest BCUT2D eigenvalue weighted by molar-refractivity contribution is 0.100. The van der Waals surface area contributed by atoms with E-state index in [-0.39, 0.29) is 16.4 Å². The molecule has 0 aliphatic carbocycles. The minimum Gasteiger partial charge on any atom is -0.370 e. The number of carbonyl (C=O) groups is 1. The standard InChI is InChI=1S/C17H21N5O3S/c1-4-11-8-14(22(2)12-6-5-7-20-10-12)15(26(3,24)25)9-13(11)16(23)21-17(18)19/h5-10H,4H2,1-3H3,(H4,18,19,21,23). The molecule has 9 heteroatoms. The molecule has 1 aromatic carbocycles. The van der Waals surface area contributed by atoms with E-state index in [4.69, 9.17) is 11.5 Å². The van der Waals surface area contributed by atoms with E-state index in [0.29, 0.717) is 23.4 Å². The monoisotopic (exact) mass is 375 g/mol. The second-order valence-corrected chi connectivity index (χ2v) is 7.70. The summed E-state index contributed by atoms with van der Waals surface area (Å²) < 4.78 is 24.7. The number of carbonyl (C=O) groups excluding carboxylic acids is 1. The first-order valence-corrected chi connectivity index (χ1v) is 9.69. The molecule has 0 aliphatic rings. The maximum absolute atomic E-state index is 12.3. The topological polar surface area (TPSA) is 132 Å². The average molecular weight is 375 g/mol. The minimum absolute atomic E-state index is 0.00944. The van der Waals surface area contributed by atoms with Gasteiger partial charge in [0.25, 0.3) is 5.91 Å². The lowest BCUT2D eigenvalue weighted by atomic mass is 10.0. The third-order valence-electron chi connectivity index (χ3n) is 3.82. The fourth-order valence-electron chi connectivity index (χ4n) is 2.53. The number of hydrogen-bond donors (Lipinski definition) is 2. The first-order valence-electron chi connectivity index (χ1n) is 7.79. The molecule has 0 fully saturated rings. The second kappa shape index (κ2) is 7.52. The van der Waals surface area contributed by atoms with Crippen molar-refractivity contribution in [2.75, 3.05) is 18.2 Å². The molecular weight excluding hydrogens is 354 g/mol. The van der Waals surface area contributed by atoms with Gasteiger partial charge in [0.05, 0.1) is 22.5 Å². The fourth-order valence-corrected chi connectivity index (χ4v) is 3.44. The zero-order valence-corrected chi connectivity index (χ0v) is 15.6. The molecular formula is C17H21N5O3S. The van der Waals surface area contributed by atoms with Crippen LogP contribution in [0.4, 0.5) is 11.4 Å². The van der Waals surface area contributed by atoms with E-state index in [2.05, 4.69) is 9.98 Å². The molecule has 0 spiro atoms. The number of amides is 1. The number of aromatic nitrogens is 1. The molecule has 0 saturated heterocycles. The highest BCUT2D eigenvalue weighted by Gasteiger charge is 2.23. The van der Waals surface area contributed by atoms with Gasteiger partial charge in [-0.2, -0.15) is 4.99 Å². The number of sulfone groups is 1. The van der Waals surface area contributed by atoms with E-state index < -0.39 is 15.7 Å². The van der Waals surface area contributed by atoms with Crippen LogP contribution in [0, 0.1) is 0 Å². The van der Waals surface area contributed by atoms with Crippen LogP contribution in [0.1, 0.15) is 22.8 Å². The summed E-state index contributed by atoms with van der Waals surface area (Å²) in [7, 11) is -1.89. The van der Waals surface area contributed by atoms with Gasteiger partial charge in [0.15, 0.2) is 15.8 Å². The van der Waals surface area contributed by atoms with Crippen LogP contribution in [-0.4, -0.2) is 38.6 Å². The summed E-state index contributed by atoms with van der Waals surface area (Å²) in [5, 5.41) is 0. The molecule has 0 radical (unpaired) electrons. The van der Waals surface area contributed by atoms with Gasteiger partial charge in [0.1, 0.15) is 0 Å². The minimum atomic E-state index is -3.62. The molecule has 0 bridgehead atoms. The zero-order valence-electron chi connectivity index (χ0n) is 14.8. The van der Waals surface area contributed by atoms with Gasteiger partial charge in [-0.25, -0.2) is 8.42 Å². The Morgan fingerprint density at radius 2 is 2.00 bits per heavy atom. The van der Waals surface area contributed by atoms with Gasteiger partial charge < -0.3 is 16.4 Å². The number of aryl methyl sites for hydroxylation is 1. The smallest absolute Gasteiger partial charge is 0.280 e. The van der Waals surface area contributed by atoms with Crippen molar-refractivity contribution < 1.29 is 13.2 Å². The molecule has 0 saturated carbocycles. The average Bonchev–Trinajstić information content (AvgIpc) is 2.59. The number of hydrogen-bond acceptors (Lipinski definition) is 5. The van der Waals surface area contributed by atoms with Crippen LogP contribution < -0.4 is 16.4 Å². The Morgan fingerprint density at radius 1 is 1.31 bits per heavy atom. The molecule has 1 amide bonds. The number of nitrogens with two attached hydrogens (primary N) is 2. The van der Waals surface area contributed by atoms with E-state index in [0.717, 1.165) is 6.26 Å². The van der Waals surface area contributed by atoms with Crippen molar-refractivity contribution in [2.45, 2.75) is 18.2 Å². The van der Waals surface area contributed by atoms with Crippen LogP contribution in [0.25, 0.3) is 0 Å². The fraction of sp³-hybridized carbons (Fsp3) is 0.235. The van der Waals surface area contributed by atoms with Gasteiger partial charge in [-0.1, -0.05) is 6.92 Å². The molecule has 2 aromatic rings. The van der Waals surface area contributed by atoms with Crippen molar-refractivity contribution in [1.82, 2.24) is 4.98 Å². The normalized spacial score (nSPS) is 11.0. The van der Waals surface area contributed by atoms with Crippen LogP contribution in [0.15, 0.2) is 46.5 Å². The number of anilines is 2. The van der Waals surface area contributed by atoms with Crippen molar-refractivity contribution in [3.63, 3.8) is 0 Å². The van der Waals surface area contributed by atoms with Gasteiger partial charge in [0.2, 0.25) is 0 Å². The molecule has 0 aliphatic heterocycles. The number of pyridine rings is 1. The first-order chi connectivity index (χ1) is 12.1. The van der Waals surface area contributed by atoms with Gasteiger partial charge in [-0.05, 0) is 36.2 Å². The largest absolute Gasteiger partial charge is 0.370 e. The highest BCUT2D eigenvalue weighted by Crippen LogP contribution is 2.33. The van der Waals surface area contributed by atoms with E-state index in [1.54, 1.807) is 36.5 Å². The summed E-state index contributed by atoms with van der Waals surface area (Å²) in [5.41, 5.74) is 12.5. The molecule has 1 heterocycles. The van der Waals surface area contributed by atoms with Gasteiger partial charge >= 0.3 is 0 Å². The summed E-state index contributed by atoms with van der Waals surface area (Å²) in [4.78, 5) is 21.6. The summed E-state index contributed by atoms with van der Waals surface area (Å²) in [6.45, 7) is 1.86. The Morgan fingerprint density at radius 3 is 2.50 bits per heavy atom. The first kappa shape index (κ1) is 19.4. The second-order valence-electron chi connectivity index (χ2n) is 5.71. The lowest BCUT2D eigenvalue weighted by Gasteiger charge is -2.23. The van der Waals surface area contributed by atoms with Crippen molar-refractivity contribution in [1.29, 1.82) is 0 Å². The Bertz CT molecular complexity index is 952. The zero-order chi connectivity index (χ0) is 19.5. The number of guanidine groups is 1. The van der Waals surface area contributed by atoms with Crippen molar-refractivity contribution in [3.8, 4) is 0 Å². The number of aliphatic imine (C=N–C) groups is 1. The van der Waals surface area contributed by atoms with Crippen molar-refractivity contribution in [2.24, 2.45) is 16.5 Å². The van der Waals surface area contributed by atoms with E-state index in [1.165, 1.54) is 6.07 Å². The predicted octanol–water partition coefficient (Wildman–Crippen LogP) is 1.23. The molecule has 138 valence electrons. The molecule has 4 N–H and O–H groups in total. The number of benzene rings is 1. The summed E-state index contributed by atoms with van der Waals surface area (Å²) >= 11 is 0. The van der Waals surface area contributed by atoms with Crippen LogP contribution >= 0.6 is 0 Å². The number of rotatable bonds is 5. The van der Waals surface area contributed by atoms with E-state index in [9.17, 15) is 13.2 Å². The quantitative estimate of drug-likeness (QED) is 0.593. The van der Waals surface area contributed by atoms with Gasteiger partial charge in [0, 0.05) is 25.1 Å². The van der Waals surface area contributed by atoms with Crippen molar-refractivity contribution in [3.05, 3.63) is 47.8 Å². The summed E-state index contributed by atoms with van der Waals surface area (Å²) in [6, 6.07) is 6.55. The molecule has 8 nitrogen and oxygen atoms in total. The van der Waals surface area contributed by atoms with Gasteiger partial charge in [-0.3, -0.25) is 9.78 Å². The van der Waals surface area contributed by atoms with E-state index in [1.807, 2.05) is 13.0 Å². The van der Waals surface area contributed by atoms with Crippen LogP contribution in [0.5, 0.6) is 0 Å². The van der Waals surface area contributed by atoms with Crippen LogP contribution in [0.2, 0.25) is 0 Å². The molecule has 26 heavy (non-hydrogen) atoms. The third-order valence-corrected chi connectivity index (χ3v) is 4.95. The highest BCUT2D eigenvalue weighted by atomic mass is 32.2. The van der Waals surface area contributed by atoms with E-state index >= 15 is 0 Å². The third kappa shape index (κ3) is 4.17. The van der Waals surface area contributed by atoms with Crippen LogP contribution in [0.3, 0.4) is 0 Å². The molecule has 1 aromatic heterocycles. The SMILES string of the molecule is CCc1cc(N(C)c2cccnc2)c(S(C)(=O)=O)cc1C(=O)N=C(N)N. The lowest BCUT2D eigenvalue weighted by Crippen LogP contribution is -2.24. The molecule has 0 unspecified atom stereocenters. The van der Waals surface area contributed by atoms with Crippen LogP contribution in [-0.2, 0) is 16.3 Å². The van der Waals surface area contributed by atoms with Crippen molar-refractivity contribution >= 4 is 33.1 Å². The van der Waals surface area contributed by atoms with Gasteiger partial charge in [-0.15, -0.1) is 0 Å². The highest BCUT2D eigenvalue weighted by molar-refractivity contribution is 7.90. The number of nitrogens with zero attached hydrogens (tertiary/aromatic N) is 3. The Balaban J connectivity index is 2.73. The summed E-state index contributed by atoms with van der Waals surface area (Å²) in [5.74, 6) is -1.06. The molecule has 0 atom stereocenters. The predicted molar refractivity (Wildman–Crippen MR) is 101 cm³/mol. The molecule has 2 rings (SSSR count). The summed E-state index contributed by atoms with van der Waals surface area (Å²) in [6.07, 6.45) is 4.84. The maximum Gasteiger partial charge on any atom is 0.280 e. The Hall–Kier alpha value is -2.94.